The number of anilines is 1. The lowest BCUT2D eigenvalue weighted by Gasteiger charge is -2.19. The molecule has 1 heterocycles. The highest BCUT2D eigenvalue weighted by molar-refractivity contribution is 8.00. The summed E-state index contributed by atoms with van der Waals surface area (Å²) in [5.74, 6) is 1.38. The first kappa shape index (κ1) is 16.3. The molecule has 1 amide bonds. The van der Waals surface area contributed by atoms with Gasteiger partial charge in [-0.05, 0) is 24.3 Å². The number of carbonyl (C=O) groups is 1. The summed E-state index contributed by atoms with van der Waals surface area (Å²) in [6.45, 7) is 1.04. The van der Waals surface area contributed by atoms with Crippen LogP contribution in [0, 0.1) is 0 Å². The van der Waals surface area contributed by atoms with Crippen LogP contribution in [-0.2, 0) is 4.79 Å². The van der Waals surface area contributed by atoms with E-state index in [1.165, 1.54) is 11.8 Å². The number of carbonyl (C=O) groups excluding carboxylic acids is 1. The molecule has 3 rings (SSSR count). The summed E-state index contributed by atoms with van der Waals surface area (Å²) in [7, 11) is 0. The van der Waals surface area contributed by atoms with Crippen molar-refractivity contribution in [3.05, 3.63) is 46.4 Å². The molecule has 0 saturated carbocycles. The van der Waals surface area contributed by atoms with E-state index in [1.807, 2.05) is 0 Å². The average Bonchev–Trinajstić information content (AvgIpc) is 2.54. The molecule has 0 spiro atoms. The second-order valence-electron chi connectivity index (χ2n) is 4.75. The Balaban J connectivity index is 1.61. The second-order valence-corrected chi connectivity index (χ2v) is 6.55. The monoisotopic (exact) mass is 369 g/mol. The summed E-state index contributed by atoms with van der Waals surface area (Å²) in [4.78, 5) is 12.8. The SMILES string of the molecule is O=C(CSc1c(Cl)cccc1Cl)Nc1ccc2c(c1)OCCO2. The zero-order chi connectivity index (χ0) is 16.2. The van der Waals surface area contributed by atoms with E-state index in [9.17, 15) is 4.79 Å². The summed E-state index contributed by atoms with van der Waals surface area (Å²) in [5.41, 5.74) is 0.658. The molecule has 1 aliphatic rings. The highest BCUT2D eigenvalue weighted by atomic mass is 35.5. The molecular weight excluding hydrogens is 357 g/mol. The Bertz CT molecular complexity index is 719. The molecule has 7 heteroatoms. The quantitative estimate of drug-likeness (QED) is 0.806. The van der Waals surface area contributed by atoms with Gasteiger partial charge in [-0.15, -0.1) is 11.8 Å². The van der Waals surface area contributed by atoms with Crippen LogP contribution in [0.2, 0.25) is 10.0 Å². The number of fused-ring (bicyclic) bond motifs is 1. The second kappa shape index (κ2) is 7.34. The third kappa shape index (κ3) is 4.05. The normalized spacial score (nSPS) is 12.8. The van der Waals surface area contributed by atoms with Gasteiger partial charge >= 0.3 is 0 Å². The van der Waals surface area contributed by atoms with Crippen molar-refractivity contribution in [2.75, 3.05) is 24.3 Å². The number of hydrogen-bond acceptors (Lipinski definition) is 4. The number of hydrogen-bond donors (Lipinski definition) is 1. The first-order valence-electron chi connectivity index (χ1n) is 6.90. The molecule has 120 valence electrons. The number of ether oxygens (including phenoxy) is 2. The summed E-state index contributed by atoms with van der Waals surface area (Å²) < 4.78 is 10.9. The Labute approximate surface area is 148 Å². The van der Waals surface area contributed by atoms with Crippen LogP contribution in [0.5, 0.6) is 11.5 Å². The van der Waals surface area contributed by atoms with Crippen molar-refractivity contribution in [2.45, 2.75) is 4.90 Å². The molecule has 0 atom stereocenters. The molecule has 0 bridgehead atoms. The van der Waals surface area contributed by atoms with Crippen molar-refractivity contribution < 1.29 is 14.3 Å². The fourth-order valence-corrected chi connectivity index (χ4v) is 3.56. The summed E-state index contributed by atoms with van der Waals surface area (Å²) >= 11 is 13.5. The lowest BCUT2D eigenvalue weighted by molar-refractivity contribution is -0.113. The van der Waals surface area contributed by atoms with Gasteiger partial charge in [-0.1, -0.05) is 29.3 Å². The molecule has 0 saturated heterocycles. The average molecular weight is 370 g/mol. The van der Waals surface area contributed by atoms with Gasteiger partial charge in [0, 0.05) is 16.6 Å². The van der Waals surface area contributed by atoms with Gasteiger partial charge in [0.1, 0.15) is 13.2 Å². The first-order chi connectivity index (χ1) is 11.1. The maximum atomic E-state index is 12.1. The standard InChI is InChI=1S/C16H13Cl2NO3S/c17-11-2-1-3-12(18)16(11)23-9-15(20)19-10-4-5-13-14(8-10)22-7-6-21-13/h1-5,8H,6-7,9H2,(H,19,20). The van der Waals surface area contributed by atoms with Gasteiger partial charge in [-0.3, -0.25) is 4.79 Å². The number of nitrogens with one attached hydrogen (secondary N) is 1. The number of benzene rings is 2. The van der Waals surface area contributed by atoms with Crippen molar-refractivity contribution in [2.24, 2.45) is 0 Å². The van der Waals surface area contributed by atoms with Gasteiger partial charge in [-0.25, -0.2) is 0 Å². The van der Waals surface area contributed by atoms with Gasteiger partial charge in [-0.2, -0.15) is 0 Å². The Morgan fingerprint density at radius 2 is 1.78 bits per heavy atom. The van der Waals surface area contributed by atoms with Crippen LogP contribution < -0.4 is 14.8 Å². The van der Waals surface area contributed by atoms with E-state index in [0.717, 1.165) is 0 Å². The van der Waals surface area contributed by atoms with E-state index in [4.69, 9.17) is 32.7 Å². The highest BCUT2D eigenvalue weighted by Gasteiger charge is 2.13. The largest absolute Gasteiger partial charge is 0.486 e. The van der Waals surface area contributed by atoms with Gasteiger partial charge in [0.15, 0.2) is 11.5 Å². The topological polar surface area (TPSA) is 47.6 Å². The smallest absolute Gasteiger partial charge is 0.234 e. The van der Waals surface area contributed by atoms with Crippen molar-refractivity contribution in [3.8, 4) is 11.5 Å². The summed E-state index contributed by atoms with van der Waals surface area (Å²) in [6, 6.07) is 10.6. The van der Waals surface area contributed by atoms with Gasteiger partial charge in [0.2, 0.25) is 5.91 Å². The minimum atomic E-state index is -0.150. The molecule has 0 unspecified atom stereocenters. The Hall–Kier alpha value is -1.56. The summed E-state index contributed by atoms with van der Waals surface area (Å²) in [6.07, 6.45) is 0. The molecule has 2 aromatic carbocycles. The van der Waals surface area contributed by atoms with Gasteiger partial charge in [0.05, 0.1) is 15.8 Å². The van der Waals surface area contributed by atoms with E-state index in [-0.39, 0.29) is 11.7 Å². The van der Waals surface area contributed by atoms with Crippen LogP contribution in [0.25, 0.3) is 0 Å². The van der Waals surface area contributed by atoms with Crippen LogP contribution in [0.1, 0.15) is 0 Å². The van der Waals surface area contributed by atoms with Crippen LogP contribution in [-0.4, -0.2) is 24.9 Å². The zero-order valence-electron chi connectivity index (χ0n) is 12.0. The number of amides is 1. The molecule has 4 nitrogen and oxygen atoms in total. The fraction of sp³-hybridized carbons (Fsp3) is 0.188. The molecule has 0 aromatic heterocycles. The zero-order valence-corrected chi connectivity index (χ0v) is 14.3. The molecule has 2 aromatic rings. The molecule has 0 fully saturated rings. The molecule has 1 aliphatic heterocycles. The first-order valence-corrected chi connectivity index (χ1v) is 8.64. The van der Waals surface area contributed by atoms with E-state index in [1.54, 1.807) is 36.4 Å². The van der Waals surface area contributed by atoms with Crippen molar-refractivity contribution in [1.29, 1.82) is 0 Å². The third-order valence-corrected chi connectivity index (χ3v) is 5.08. The predicted molar refractivity (Wildman–Crippen MR) is 93.2 cm³/mol. The fourth-order valence-electron chi connectivity index (χ4n) is 2.08. The minimum absolute atomic E-state index is 0.150. The van der Waals surface area contributed by atoms with E-state index in [0.29, 0.717) is 45.3 Å². The van der Waals surface area contributed by atoms with Crippen LogP contribution in [0.3, 0.4) is 0 Å². The molecular formula is C16H13Cl2NO3S. The molecule has 23 heavy (non-hydrogen) atoms. The van der Waals surface area contributed by atoms with Crippen molar-refractivity contribution >= 4 is 46.6 Å². The van der Waals surface area contributed by atoms with E-state index >= 15 is 0 Å². The van der Waals surface area contributed by atoms with Crippen molar-refractivity contribution in [1.82, 2.24) is 0 Å². The predicted octanol–water partition coefficient (Wildman–Crippen LogP) is 4.50. The van der Waals surface area contributed by atoms with E-state index in [2.05, 4.69) is 5.32 Å². The van der Waals surface area contributed by atoms with Crippen LogP contribution >= 0.6 is 35.0 Å². The number of rotatable bonds is 4. The third-order valence-electron chi connectivity index (χ3n) is 3.09. The maximum absolute atomic E-state index is 12.1. The molecule has 0 aliphatic carbocycles. The van der Waals surface area contributed by atoms with Gasteiger partial charge < -0.3 is 14.8 Å². The molecule has 0 radical (unpaired) electrons. The number of thioether (sulfide) groups is 1. The Kier molecular flexibility index (Phi) is 5.20. The number of halogens is 2. The van der Waals surface area contributed by atoms with Gasteiger partial charge in [0.25, 0.3) is 0 Å². The Morgan fingerprint density at radius 3 is 2.52 bits per heavy atom. The lowest BCUT2D eigenvalue weighted by Crippen LogP contribution is -2.17. The summed E-state index contributed by atoms with van der Waals surface area (Å²) in [5, 5.41) is 3.89. The Morgan fingerprint density at radius 1 is 1.09 bits per heavy atom. The highest BCUT2D eigenvalue weighted by Crippen LogP contribution is 2.35. The lowest BCUT2D eigenvalue weighted by atomic mass is 10.2. The maximum Gasteiger partial charge on any atom is 0.234 e. The van der Waals surface area contributed by atoms with Crippen LogP contribution in [0.15, 0.2) is 41.3 Å². The minimum Gasteiger partial charge on any atom is -0.486 e. The molecule has 1 N–H and O–H groups in total. The van der Waals surface area contributed by atoms with E-state index < -0.39 is 0 Å². The van der Waals surface area contributed by atoms with Crippen LogP contribution in [0.4, 0.5) is 5.69 Å². The van der Waals surface area contributed by atoms with Crippen molar-refractivity contribution in [3.63, 3.8) is 0 Å².